The van der Waals surface area contributed by atoms with Gasteiger partial charge in [0.1, 0.15) is 5.41 Å². The third-order valence-corrected chi connectivity index (χ3v) is 6.14. The molecule has 0 radical (unpaired) electrons. The monoisotopic (exact) mass is 441 g/mol. The molecule has 2 unspecified atom stereocenters. The maximum atomic E-state index is 13.9. The Kier molecular flexibility index (Phi) is 6.25. The number of aliphatic hydroxyl groups excluding tert-OH is 1. The molecule has 6 nitrogen and oxygen atoms in total. The van der Waals surface area contributed by atoms with Gasteiger partial charge in [-0.2, -0.15) is 33.9 Å². The van der Waals surface area contributed by atoms with Crippen molar-refractivity contribution >= 4 is 11.4 Å². The van der Waals surface area contributed by atoms with Crippen molar-refractivity contribution in [1.29, 1.82) is 10.5 Å². The Labute approximate surface area is 184 Å². The molecule has 0 bridgehead atoms. The van der Waals surface area contributed by atoms with Gasteiger partial charge in [-0.3, -0.25) is 0 Å². The van der Waals surface area contributed by atoms with Crippen molar-refractivity contribution in [2.24, 2.45) is 21.5 Å². The van der Waals surface area contributed by atoms with E-state index in [4.69, 9.17) is 5.26 Å². The summed E-state index contributed by atoms with van der Waals surface area (Å²) in [5.74, 6) is -1.35. The second-order valence-corrected chi connectivity index (χ2v) is 8.07. The third kappa shape index (κ3) is 4.04. The predicted molar refractivity (Wildman–Crippen MR) is 113 cm³/mol. The Hall–Kier alpha value is -3.43. The van der Waals surface area contributed by atoms with E-state index in [0.717, 1.165) is 12.5 Å². The molecular formula is C23H22F3N5O. The van der Waals surface area contributed by atoms with Gasteiger partial charge in [0.2, 0.25) is 0 Å². The number of benzene rings is 1. The van der Waals surface area contributed by atoms with E-state index in [1.165, 1.54) is 26.0 Å². The SMILES string of the molecule is CC1=C(N[C@@H](C2=NN=C(c3ccc(C#N)cc3)C2)[C@@H](C)O)C=CC(C#N)C1(C)C(F)(F)F. The van der Waals surface area contributed by atoms with E-state index in [0.29, 0.717) is 23.4 Å². The van der Waals surface area contributed by atoms with Gasteiger partial charge in [-0.1, -0.05) is 18.2 Å². The molecule has 1 aliphatic heterocycles. The number of nitrogens with zero attached hydrogens (tertiary/aromatic N) is 4. The van der Waals surface area contributed by atoms with E-state index in [-0.39, 0.29) is 11.3 Å². The standard InChI is InChI=1S/C23H22F3N5O/c1-13-18(9-8-17(12-28)22(13,3)23(24,25)26)29-21(14(2)32)20-10-19(30-31-20)16-6-4-15(11-27)5-7-16/h4-9,14,17,21,29,32H,10H2,1-3H3/t14-,17?,21-,22?/m1/s1. The van der Waals surface area contributed by atoms with Gasteiger partial charge >= 0.3 is 6.18 Å². The highest BCUT2D eigenvalue weighted by molar-refractivity contribution is 6.16. The molecule has 3 rings (SSSR count). The molecule has 0 saturated heterocycles. The Morgan fingerprint density at radius 2 is 1.88 bits per heavy atom. The van der Waals surface area contributed by atoms with Crippen molar-refractivity contribution in [3.63, 3.8) is 0 Å². The Balaban J connectivity index is 1.85. The van der Waals surface area contributed by atoms with Gasteiger partial charge in [0.15, 0.2) is 0 Å². The van der Waals surface area contributed by atoms with Crippen LogP contribution in [-0.2, 0) is 0 Å². The molecule has 1 aromatic carbocycles. The van der Waals surface area contributed by atoms with E-state index in [2.05, 4.69) is 15.5 Å². The van der Waals surface area contributed by atoms with Crippen LogP contribution in [0.15, 0.2) is 57.9 Å². The summed E-state index contributed by atoms with van der Waals surface area (Å²) in [6, 6.07) is 9.80. The molecule has 0 spiro atoms. The number of allylic oxidation sites excluding steroid dienone is 3. The molecule has 166 valence electrons. The first-order valence-electron chi connectivity index (χ1n) is 9.97. The summed E-state index contributed by atoms with van der Waals surface area (Å²) in [6.45, 7) is 3.87. The lowest BCUT2D eigenvalue weighted by Crippen LogP contribution is -2.48. The van der Waals surface area contributed by atoms with Crippen molar-refractivity contribution in [2.45, 2.75) is 45.5 Å². The lowest BCUT2D eigenvalue weighted by Gasteiger charge is -2.39. The second kappa shape index (κ2) is 8.60. The molecule has 4 atom stereocenters. The molecule has 1 aliphatic carbocycles. The summed E-state index contributed by atoms with van der Waals surface area (Å²) in [6.07, 6.45) is -2.63. The molecule has 0 saturated carbocycles. The van der Waals surface area contributed by atoms with Gasteiger partial charge in [0, 0.05) is 12.1 Å². The molecule has 0 fully saturated rings. The smallest absolute Gasteiger partial charge is 0.391 e. The van der Waals surface area contributed by atoms with Gasteiger partial charge in [0.25, 0.3) is 0 Å². The molecule has 1 heterocycles. The number of alkyl halides is 3. The fraction of sp³-hybridized carbons (Fsp3) is 0.391. The zero-order chi connectivity index (χ0) is 23.7. The number of nitrogens with one attached hydrogen (secondary N) is 1. The van der Waals surface area contributed by atoms with Crippen LogP contribution in [0.4, 0.5) is 13.2 Å². The Morgan fingerprint density at radius 1 is 1.22 bits per heavy atom. The molecule has 2 aliphatic rings. The molecule has 32 heavy (non-hydrogen) atoms. The second-order valence-electron chi connectivity index (χ2n) is 8.07. The highest BCUT2D eigenvalue weighted by Gasteiger charge is 2.58. The van der Waals surface area contributed by atoms with Crippen molar-refractivity contribution in [1.82, 2.24) is 5.32 Å². The van der Waals surface area contributed by atoms with E-state index in [1.807, 2.05) is 6.07 Å². The van der Waals surface area contributed by atoms with Crippen LogP contribution in [0, 0.1) is 34.0 Å². The van der Waals surface area contributed by atoms with Crippen LogP contribution in [0.2, 0.25) is 0 Å². The predicted octanol–water partition coefficient (Wildman–Crippen LogP) is 4.00. The average molecular weight is 441 g/mol. The molecule has 9 heteroatoms. The number of rotatable bonds is 5. The van der Waals surface area contributed by atoms with Crippen LogP contribution in [0.5, 0.6) is 0 Å². The van der Waals surface area contributed by atoms with Gasteiger partial charge < -0.3 is 10.4 Å². The minimum absolute atomic E-state index is 0.0310. The molecule has 1 aromatic rings. The van der Waals surface area contributed by atoms with E-state index >= 15 is 0 Å². The zero-order valence-corrected chi connectivity index (χ0v) is 17.8. The summed E-state index contributed by atoms with van der Waals surface area (Å²) in [7, 11) is 0. The quantitative estimate of drug-likeness (QED) is 0.721. The first-order chi connectivity index (χ1) is 15.0. The number of hydrogen-bond donors (Lipinski definition) is 2. The van der Waals surface area contributed by atoms with Gasteiger partial charge in [-0.25, -0.2) is 0 Å². The molecule has 0 aromatic heterocycles. The fourth-order valence-corrected chi connectivity index (χ4v) is 3.83. The number of halogens is 3. The van der Waals surface area contributed by atoms with Crippen molar-refractivity contribution < 1.29 is 18.3 Å². The third-order valence-electron chi connectivity index (χ3n) is 6.14. The summed E-state index contributed by atoms with van der Waals surface area (Å²) in [5.41, 5.74) is 0.182. The Bertz CT molecular complexity index is 1100. The summed E-state index contributed by atoms with van der Waals surface area (Å²) < 4.78 is 41.8. The minimum Gasteiger partial charge on any atom is -0.391 e. The van der Waals surface area contributed by atoms with Crippen LogP contribution < -0.4 is 5.32 Å². The van der Waals surface area contributed by atoms with Gasteiger partial charge in [-0.15, -0.1) is 0 Å². The average Bonchev–Trinajstić information content (AvgIpc) is 3.23. The summed E-state index contributed by atoms with van der Waals surface area (Å²) >= 11 is 0. The zero-order valence-electron chi connectivity index (χ0n) is 17.8. The van der Waals surface area contributed by atoms with Crippen LogP contribution in [0.1, 0.15) is 38.3 Å². The van der Waals surface area contributed by atoms with Crippen LogP contribution >= 0.6 is 0 Å². The first-order valence-corrected chi connectivity index (χ1v) is 9.97. The van der Waals surface area contributed by atoms with E-state index in [1.54, 1.807) is 30.3 Å². The maximum Gasteiger partial charge on any atom is 0.399 e. The van der Waals surface area contributed by atoms with Crippen molar-refractivity contribution in [2.75, 3.05) is 0 Å². The maximum absolute atomic E-state index is 13.9. The van der Waals surface area contributed by atoms with Crippen molar-refractivity contribution in [3.8, 4) is 12.1 Å². The lowest BCUT2D eigenvalue weighted by molar-refractivity contribution is -0.211. The van der Waals surface area contributed by atoms with Crippen LogP contribution in [-0.4, -0.2) is 34.9 Å². The summed E-state index contributed by atoms with van der Waals surface area (Å²) in [5, 5.41) is 39.9. The molecule has 2 N–H and O–H groups in total. The van der Waals surface area contributed by atoms with Crippen molar-refractivity contribution in [3.05, 3.63) is 58.8 Å². The van der Waals surface area contributed by atoms with E-state index in [9.17, 15) is 23.5 Å². The number of nitriles is 2. The topological polar surface area (TPSA) is 105 Å². The molecular weight excluding hydrogens is 419 g/mol. The number of aliphatic hydroxyl groups is 1. The summed E-state index contributed by atoms with van der Waals surface area (Å²) in [4.78, 5) is 0. The Morgan fingerprint density at radius 3 is 2.41 bits per heavy atom. The number of hydrogen-bond acceptors (Lipinski definition) is 6. The van der Waals surface area contributed by atoms with E-state index < -0.39 is 29.7 Å². The molecule has 0 amide bonds. The first kappa shape index (κ1) is 23.2. The normalized spacial score (nSPS) is 24.8. The van der Waals surface area contributed by atoms with Crippen LogP contribution in [0.25, 0.3) is 0 Å². The minimum atomic E-state index is -4.63. The van der Waals surface area contributed by atoms with Gasteiger partial charge in [-0.05, 0) is 50.1 Å². The largest absolute Gasteiger partial charge is 0.399 e. The highest BCUT2D eigenvalue weighted by atomic mass is 19.4. The highest BCUT2D eigenvalue weighted by Crippen LogP contribution is 2.52. The van der Waals surface area contributed by atoms with Gasteiger partial charge in [0.05, 0.1) is 47.2 Å². The van der Waals surface area contributed by atoms with Crippen LogP contribution in [0.3, 0.4) is 0 Å². The lowest BCUT2D eigenvalue weighted by atomic mass is 9.68. The fourth-order valence-electron chi connectivity index (χ4n) is 3.83.